The summed E-state index contributed by atoms with van der Waals surface area (Å²) in [4.78, 5) is 21.5. The molecule has 6 nitrogen and oxygen atoms in total. The van der Waals surface area contributed by atoms with Gasteiger partial charge >= 0.3 is 0 Å². The molecule has 1 aliphatic heterocycles. The van der Waals surface area contributed by atoms with Gasteiger partial charge in [0.25, 0.3) is 11.8 Å². The maximum Gasteiger partial charge on any atom is 0.257 e. The highest BCUT2D eigenvalue weighted by Crippen LogP contribution is 2.19. The van der Waals surface area contributed by atoms with E-state index in [2.05, 4.69) is 39.3 Å². The van der Waals surface area contributed by atoms with Crippen LogP contribution in [-0.4, -0.2) is 52.0 Å². The second kappa shape index (κ2) is 8.35. The van der Waals surface area contributed by atoms with Gasteiger partial charge in [-0.1, -0.05) is 35.5 Å². The van der Waals surface area contributed by atoms with Crippen LogP contribution < -0.4 is 0 Å². The molecule has 4 rings (SSSR count). The molecule has 6 heteroatoms. The summed E-state index contributed by atoms with van der Waals surface area (Å²) in [5.41, 5.74) is 2.83. The minimum atomic E-state index is 0.0785. The molecule has 0 unspecified atom stereocenters. The molecule has 1 fully saturated rings. The van der Waals surface area contributed by atoms with E-state index in [9.17, 15) is 4.79 Å². The second-order valence-corrected chi connectivity index (χ2v) is 7.13. The van der Waals surface area contributed by atoms with Crippen LogP contribution in [-0.2, 0) is 6.54 Å². The number of benzene rings is 2. The van der Waals surface area contributed by atoms with Crippen LogP contribution in [0.3, 0.4) is 0 Å². The molecule has 0 aliphatic carbocycles. The third-order valence-electron chi connectivity index (χ3n) is 5.03. The first-order valence-corrected chi connectivity index (χ1v) is 9.65. The molecule has 28 heavy (non-hydrogen) atoms. The number of hydrogen-bond acceptors (Lipinski definition) is 5. The Kier molecular flexibility index (Phi) is 5.48. The first-order chi connectivity index (χ1) is 13.7. The first kappa shape index (κ1) is 18.4. The Labute approximate surface area is 164 Å². The summed E-state index contributed by atoms with van der Waals surface area (Å²) in [6.07, 6.45) is 0.984. The molecule has 3 aromatic rings. The lowest BCUT2D eigenvalue weighted by Gasteiger charge is -2.22. The molecule has 0 bridgehead atoms. The molecule has 0 N–H and O–H groups in total. The highest BCUT2D eigenvalue weighted by Gasteiger charge is 2.20. The van der Waals surface area contributed by atoms with Crippen molar-refractivity contribution in [3.8, 4) is 11.5 Å². The highest BCUT2D eigenvalue weighted by atomic mass is 16.5. The van der Waals surface area contributed by atoms with E-state index in [1.807, 2.05) is 35.2 Å². The molecular weight excluding hydrogens is 352 g/mol. The number of aryl methyl sites for hydroxylation is 1. The third-order valence-corrected chi connectivity index (χ3v) is 5.03. The zero-order valence-electron chi connectivity index (χ0n) is 16.0. The maximum absolute atomic E-state index is 12.9. The predicted octanol–water partition coefficient (Wildman–Crippen LogP) is 3.39. The normalized spacial score (nSPS) is 15.4. The summed E-state index contributed by atoms with van der Waals surface area (Å²) in [5.74, 6) is 1.15. The average Bonchev–Trinajstić information content (AvgIpc) is 3.03. The number of rotatable bonds is 4. The number of carbonyl (C=O) groups is 1. The van der Waals surface area contributed by atoms with Gasteiger partial charge in [0.1, 0.15) is 0 Å². The Morgan fingerprint density at radius 2 is 1.79 bits per heavy atom. The molecular formula is C22H24N4O2. The molecule has 144 valence electrons. The summed E-state index contributed by atoms with van der Waals surface area (Å²) in [6, 6.07) is 17.9. The third kappa shape index (κ3) is 4.28. The van der Waals surface area contributed by atoms with Gasteiger partial charge in [-0.15, -0.1) is 0 Å². The van der Waals surface area contributed by atoms with Crippen LogP contribution in [0.1, 0.15) is 28.2 Å². The van der Waals surface area contributed by atoms with E-state index < -0.39 is 0 Å². The summed E-state index contributed by atoms with van der Waals surface area (Å²) < 4.78 is 5.18. The molecule has 0 atom stereocenters. The Morgan fingerprint density at radius 1 is 1.00 bits per heavy atom. The number of hydrogen-bond donors (Lipinski definition) is 0. The maximum atomic E-state index is 12.9. The standard InChI is InChI=1S/C22H24N4O2/c1-17-23-21(28-24-17)19-8-10-20(11-9-19)22(27)26-13-5-12-25(14-15-26)16-18-6-3-2-4-7-18/h2-4,6-11H,5,12-16H2,1H3. The van der Waals surface area contributed by atoms with E-state index in [1.165, 1.54) is 5.56 Å². The SMILES string of the molecule is Cc1noc(-c2ccc(C(=O)N3CCCN(Cc4ccccc4)CC3)cc2)n1. The number of nitrogens with zero attached hydrogens (tertiary/aromatic N) is 4. The van der Waals surface area contributed by atoms with Gasteiger partial charge in [-0.3, -0.25) is 9.69 Å². The van der Waals surface area contributed by atoms with Gasteiger partial charge in [-0.2, -0.15) is 4.98 Å². The minimum Gasteiger partial charge on any atom is -0.337 e. The molecule has 2 aromatic carbocycles. The van der Waals surface area contributed by atoms with E-state index in [0.29, 0.717) is 17.3 Å². The van der Waals surface area contributed by atoms with E-state index in [1.54, 1.807) is 6.92 Å². The van der Waals surface area contributed by atoms with Crippen molar-refractivity contribution in [1.82, 2.24) is 19.9 Å². The van der Waals surface area contributed by atoms with Crippen molar-refractivity contribution >= 4 is 5.91 Å². The van der Waals surface area contributed by atoms with Crippen molar-refractivity contribution in [1.29, 1.82) is 0 Å². The van der Waals surface area contributed by atoms with E-state index in [4.69, 9.17) is 4.52 Å². The number of carbonyl (C=O) groups excluding carboxylic acids is 1. The van der Waals surface area contributed by atoms with Crippen molar-refractivity contribution in [2.75, 3.05) is 26.2 Å². The molecule has 0 spiro atoms. The summed E-state index contributed by atoms with van der Waals surface area (Å²) in [7, 11) is 0. The van der Waals surface area contributed by atoms with Crippen molar-refractivity contribution in [3.63, 3.8) is 0 Å². The Hall–Kier alpha value is -2.99. The Morgan fingerprint density at radius 3 is 2.50 bits per heavy atom. The van der Waals surface area contributed by atoms with Crippen LogP contribution in [0.2, 0.25) is 0 Å². The number of amides is 1. The zero-order valence-corrected chi connectivity index (χ0v) is 16.0. The van der Waals surface area contributed by atoms with Crippen LogP contribution in [0.25, 0.3) is 11.5 Å². The van der Waals surface area contributed by atoms with Crippen LogP contribution in [0, 0.1) is 6.92 Å². The fourth-order valence-electron chi connectivity index (χ4n) is 3.53. The number of aromatic nitrogens is 2. The topological polar surface area (TPSA) is 62.5 Å². The quantitative estimate of drug-likeness (QED) is 0.698. The summed E-state index contributed by atoms with van der Waals surface area (Å²) in [5, 5.41) is 3.81. The van der Waals surface area contributed by atoms with Gasteiger partial charge in [0.15, 0.2) is 5.82 Å². The van der Waals surface area contributed by atoms with Crippen molar-refractivity contribution in [3.05, 3.63) is 71.5 Å². The molecule has 1 saturated heterocycles. The predicted molar refractivity (Wildman–Crippen MR) is 107 cm³/mol. The fraction of sp³-hybridized carbons (Fsp3) is 0.318. The van der Waals surface area contributed by atoms with Gasteiger partial charge in [-0.25, -0.2) is 0 Å². The van der Waals surface area contributed by atoms with Crippen LogP contribution in [0.4, 0.5) is 0 Å². The van der Waals surface area contributed by atoms with Gasteiger partial charge < -0.3 is 9.42 Å². The van der Waals surface area contributed by atoms with Gasteiger partial charge in [0.05, 0.1) is 0 Å². The van der Waals surface area contributed by atoms with Gasteiger partial charge in [0.2, 0.25) is 0 Å². The zero-order chi connectivity index (χ0) is 19.3. The molecule has 2 heterocycles. The molecule has 0 saturated carbocycles. The average molecular weight is 376 g/mol. The first-order valence-electron chi connectivity index (χ1n) is 9.65. The smallest absolute Gasteiger partial charge is 0.257 e. The highest BCUT2D eigenvalue weighted by molar-refractivity contribution is 5.94. The molecule has 1 aromatic heterocycles. The van der Waals surface area contributed by atoms with Crippen LogP contribution >= 0.6 is 0 Å². The van der Waals surface area contributed by atoms with E-state index >= 15 is 0 Å². The van der Waals surface area contributed by atoms with Crippen LogP contribution in [0.15, 0.2) is 59.1 Å². The Balaban J connectivity index is 1.38. The van der Waals surface area contributed by atoms with Gasteiger partial charge in [-0.05, 0) is 43.2 Å². The lowest BCUT2D eigenvalue weighted by atomic mass is 10.1. The summed E-state index contributed by atoms with van der Waals surface area (Å²) >= 11 is 0. The van der Waals surface area contributed by atoms with E-state index in [-0.39, 0.29) is 5.91 Å². The monoisotopic (exact) mass is 376 g/mol. The summed E-state index contributed by atoms with van der Waals surface area (Å²) in [6.45, 7) is 6.14. The van der Waals surface area contributed by atoms with Crippen molar-refractivity contribution in [2.45, 2.75) is 19.9 Å². The van der Waals surface area contributed by atoms with E-state index in [0.717, 1.165) is 44.7 Å². The fourth-order valence-corrected chi connectivity index (χ4v) is 3.53. The molecule has 0 radical (unpaired) electrons. The van der Waals surface area contributed by atoms with Crippen LogP contribution in [0.5, 0.6) is 0 Å². The van der Waals surface area contributed by atoms with Crippen molar-refractivity contribution < 1.29 is 9.32 Å². The molecule has 1 amide bonds. The minimum absolute atomic E-state index is 0.0785. The van der Waals surface area contributed by atoms with Crippen molar-refractivity contribution in [2.24, 2.45) is 0 Å². The largest absolute Gasteiger partial charge is 0.337 e. The Bertz CT molecular complexity index is 921. The second-order valence-electron chi connectivity index (χ2n) is 7.13. The van der Waals surface area contributed by atoms with Gasteiger partial charge in [0, 0.05) is 43.9 Å². The lowest BCUT2D eigenvalue weighted by molar-refractivity contribution is 0.0761. The lowest BCUT2D eigenvalue weighted by Crippen LogP contribution is -2.35. The molecule has 1 aliphatic rings.